The van der Waals surface area contributed by atoms with Gasteiger partial charge in [-0.15, -0.1) is 33.8 Å². The molecule has 1 aromatic heterocycles. The van der Waals surface area contributed by atoms with Crippen molar-refractivity contribution in [3.63, 3.8) is 0 Å². The number of hydrogen-bond acceptors (Lipinski definition) is 5. The van der Waals surface area contributed by atoms with Crippen LogP contribution in [-0.2, 0) is 10.2 Å². The van der Waals surface area contributed by atoms with E-state index in [0.29, 0.717) is 17.3 Å². The van der Waals surface area contributed by atoms with Crippen LogP contribution in [-0.4, -0.2) is 23.4 Å². The first kappa shape index (κ1) is 19.8. The van der Waals surface area contributed by atoms with E-state index >= 15 is 0 Å². The van der Waals surface area contributed by atoms with Gasteiger partial charge in [-0.2, -0.15) is 8.42 Å². The van der Waals surface area contributed by atoms with Crippen LogP contribution in [0.4, 0.5) is 3.89 Å². The summed E-state index contributed by atoms with van der Waals surface area (Å²) in [6, 6.07) is 5.18. The van der Waals surface area contributed by atoms with Crippen LogP contribution >= 0.6 is 24.8 Å². The topological polar surface area (TPSA) is 90.9 Å². The molecule has 2 N–H and O–H groups in total. The molecule has 10 heteroatoms. The molecular formula is C13H17Cl2FN4O2S. The number of hydrogen-bond donors (Lipinski definition) is 1. The van der Waals surface area contributed by atoms with Gasteiger partial charge in [-0.25, -0.2) is 4.68 Å². The maximum absolute atomic E-state index is 12.8. The average Bonchev–Trinajstić information content (AvgIpc) is 3.11. The lowest BCUT2D eigenvalue weighted by atomic mass is 10.1. The Balaban J connectivity index is 0.00000132. The normalized spacial score (nSPS) is 15.4. The molecule has 3 rings (SSSR count). The number of rotatable bonds is 5. The summed E-state index contributed by atoms with van der Waals surface area (Å²) in [5.41, 5.74) is 7.36. The van der Waals surface area contributed by atoms with Gasteiger partial charge in [0.2, 0.25) is 0 Å². The van der Waals surface area contributed by atoms with Crippen molar-refractivity contribution < 1.29 is 12.3 Å². The minimum absolute atomic E-state index is 0. The summed E-state index contributed by atoms with van der Waals surface area (Å²) in [7, 11) is -4.68. The highest BCUT2D eigenvalue weighted by molar-refractivity contribution is 7.86. The summed E-state index contributed by atoms with van der Waals surface area (Å²) >= 11 is 0. The van der Waals surface area contributed by atoms with Gasteiger partial charge in [-0.05, 0) is 36.6 Å². The average molecular weight is 383 g/mol. The minimum atomic E-state index is -4.68. The van der Waals surface area contributed by atoms with Crippen molar-refractivity contribution in [2.24, 2.45) is 11.7 Å². The van der Waals surface area contributed by atoms with E-state index in [4.69, 9.17) is 5.73 Å². The molecule has 0 saturated heterocycles. The largest absolute Gasteiger partial charge is 0.332 e. The van der Waals surface area contributed by atoms with E-state index in [1.807, 2.05) is 0 Å². The van der Waals surface area contributed by atoms with Gasteiger partial charge in [-0.1, -0.05) is 18.1 Å². The van der Waals surface area contributed by atoms with Crippen LogP contribution in [0.15, 0.2) is 35.4 Å². The van der Waals surface area contributed by atoms with E-state index in [1.165, 1.54) is 41.8 Å². The Morgan fingerprint density at radius 1 is 1.26 bits per heavy atom. The maximum atomic E-state index is 12.8. The van der Waals surface area contributed by atoms with Crippen LogP contribution in [0, 0.1) is 5.92 Å². The van der Waals surface area contributed by atoms with Crippen molar-refractivity contribution >= 4 is 35.0 Å². The van der Waals surface area contributed by atoms with Crippen molar-refractivity contribution in [3.05, 3.63) is 36.2 Å². The van der Waals surface area contributed by atoms with Crippen LogP contribution < -0.4 is 5.73 Å². The fourth-order valence-corrected chi connectivity index (χ4v) is 2.63. The third kappa shape index (κ3) is 4.87. The highest BCUT2D eigenvalue weighted by atomic mass is 35.5. The fourth-order valence-electron chi connectivity index (χ4n) is 2.17. The summed E-state index contributed by atoms with van der Waals surface area (Å²) in [6.45, 7) is 0. The Labute approximate surface area is 146 Å². The van der Waals surface area contributed by atoms with Crippen LogP contribution in [0.25, 0.3) is 5.69 Å². The fraction of sp³-hybridized carbons (Fsp3) is 0.385. The molecule has 1 aliphatic carbocycles. The van der Waals surface area contributed by atoms with Crippen molar-refractivity contribution in [2.75, 3.05) is 0 Å². The molecule has 1 saturated carbocycles. The van der Waals surface area contributed by atoms with Crippen LogP contribution in [0.1, 0.15) is 31.0 Å². The molecule has 1 aliphatic rings. The molecule has 128 valence electrons. The lowest BCUT2D eigenvalue weighted by molar-refractivity contribution is 0.552. The molecule has 1 aromatic carbocycles. The van der Waals surface area contributed by atoms with Gasteiger partial charge < -0.3 is 5.73 Å². The second-order valence-corrected chi connectivity index (χ2v) is 6.65. The van der Waals surface area contributed by atoms with Gasteiger partial charge in [0.05, 0.1) is 28.5 Å². The molecule has 0 amide bonds. The van der Waals surface area contributed by atoms with E-state index in [9.17, 15) is 12.3 Å². The van der Waals surface area contributed by atoms with Gasteiger partial charge in [0, 0.05) is 0 Å². The van der Waals surface area contributed by atoms with Crippen LogP contribution in [0.3, 0.4) is 0 Å². The molecule has 0 bridgehead atoms. The summed E-state index contributed by atoms with van der Waals surface area (Å²) < 4.78 is 35.8. The van der Waals surface area contributed by atoms with E-state index in [-0.39, 0.29) is 35.8 Å². The van der Waals surface area contributed by atoms with Crippen LogP contribution in [0.2, 0.25) is 0 Å². The SMILES string of the molecule is Cl.Cl.NC(CC1CC1)c1cn(-c2ccc(S(=O)(=O)F)cc2)nn1. The molecule has 0 aliphatic heterocycles. The summed E-state index contributed by atoms with van der Waals surface area (Å²) in [5, 5.41) is 8.01. The van der Waals surface area contributed by atoms with E-state index in [1.54, 1.807) is 6.20 Å². The monoisotopic (exact) mass is 382 g/mol. The van der Waals surface area contributed by atoms with Crippen molar-refractivity contribution in [2.45, 2.75) is 30.2 Å². The summed E-state index contributed by atoms with van der Waals surface area (Å²) in [6.07, 6.45) is 5.06. The quantitative estimate of drug-likeness (QED) is 0.802. The Hall–Kier alpha value is -1.22. The molecule has 6 nitrogen and oxygen atoms in total. The minimum Gasteiger partial charge on any atom is -0.323 e. The number of benzene rings is 1. The molecule has 2 aromatic rings. The Bertz CT molecular complexity index is 748. The first-order valence-electron chi connectivity index (χ1n) is 6.66. The predicted molar refractivity (Wildman–Crippen MR) is 88.4 cm³/mol. The lowest BCUT2D eigenvalue weighted by Crippen LogP contribution is -2.11. The number of nitrogens with two attached hydrogens (primary N) is 1. The maximum Gasteiger partial charge on any atom is 0.332 e. The zero-order valence-electron chi connectivity index (χ0n) is 12.0. The van der Waals surface area contributed by atoms with E-state index < -0.39 is 10.2 Å². The van der Waals surface area contributed by atoms with Gasteiger partial charge in [0.15, 0.2) is 0 Å². The van der Waals surface area contributed by atoms with E-state index in [0.717, 1.165) is 6.42 Å². The molecular weight excluding hydrogens is 366 g/mol. The van der Waals surface area contributed by atoms with Crippen LogP contribution in [0.5, 0.6) is 0 Å². The number of halogens is 3. The van der Waals surface area contributed by atoms with Gasteiger partial charge in [0.25, 0.3) is 0 Å². The zero-order valence-corrected chi connectivity index (χ0v) is 14.5. The second kappa shape index (κ2) is 7.57. The highest BCUT2D eigenvalue weighted by Gasteiger charge is 2.25. The van der Waals surface area contributed by atoms with Gasteiger partial charge in [-0.3, -0.25) is 0 Å². The molecule has 1 heterocycles. The van der Waals surface area contributed by atoms with E-state index in [2.05, 4.69) is 10.3 Å². The third-order valence-corrected chi connectivity index (χ3v) is 4.39. The molecule has 1 fully saturated rings. The first-order valence-corrected chi connectivity index (χ1v) is 8.05. The smallest absolute Gasteiger partial charge is 0.323 e. The summed E-state index contributed by atoms with van der Waals surface area (Å²) in [4.78, 5) is -0.378. The standard InChI is InChI=1S/C13H15FN4O2S.2ClH/c14-21(19,20)11-5-3-10(4-6-11)18-8-13(16-17-18)12(15)7-9-1-2-9;;/h3-6,8-9,12H,1-2,7,15H2;2*1H. The van der Waals surface area contributed by atoms with Gasteiger partial charge in [0.1, 0.15) is 0 Å². The lowest BCUT2D eigenvalue weighted by Gasteiger charge is -2.05. The predicted octanol–water partition coefficient (Wildman–Crippen LogP) is 2.57. The highest BCUT2D eigenvalue weighted by Crippen LogP contribution is 2.36. The molecule has 1 unspecified atom stereocenters. The number of aromatic nitrogens is 3. The first-order chi connectivity index (χ1) is 9.93. The third-order valence-electron chi connectivity index (χ3n) is 3.56. The van der Waals surface area contributed by atoms with Crippen molar-refractivity contribution in [1.29, 1.82) is 0 Å². The Morgan fingerprint density at radius 2 is 1.87 bits per heavy atom. The molecule has 0 radical (unpaired) electrons. The number of nitrogens with zero attached hydrogens (tertiary/aromatic N) is 3. The molecule has 0 spiro atoms. The second-order valence-electron chi connectivity index (χ2n) is 5.31. The summed E-state index contributed by atoms with van der Waals surface area (Å²) in [5.74, 6) is 0.694. The Morgan fingerprint density at radius 3 is 2.39 bits per heavy atom. The zero-order chi connectivity index (χ0) is 15.0. The van der Waals surface area contributed by atoms with Crippen molar-refractivity contribution in [3.8, 4) is 5.69 Å². The van der Waals surface area contributed by atoms with Gasteiger partial charge >= 0.3 is 10.2 Å². The Kier molecular flexibility index (Phi) is 6.52. The molecule has 1 atom stereocenters. The molecule has 23 heavy (non-hydrogen) atoms. The van der Waals surface area contributed by atoms with Crippen molar-refractivity contribution in [1.82, 2.24) is 15.0 Å².